The molecule has 6 nitrogen and oxygen atoms in total. The SMILES string of the molecule is Cc1nc(N)c2c(n1)OC(C)(C)C(c1ccc([C@H]3CC[C@H](CC(=O)O)CC3)cc1)C2. The Hall–Kier alpha value is -2.63. The first-order valence-corrected chi connectivity index (χ1v) is 10.9. The number of fused-ring (bicyclic) bond motifs is 1. The lowest BCUT2D eigenvalue weighted by Gasteiger charge is -2.40. The first-order chi connectivity index (χ1) is 14.2. The molecule has 1 atom stereocenters. The van der Waals surface area contributed by atoms with Crippen molar-refractivity contribution in [3.8, 4) is 5.88 Å². The summed E-state index contributed by atoms with van der Waals surface area (Å²) in [6, 6.07) is 8.89. The van der Waals surface area contributed by atoms with E-state index in [4.69, 9.17) is 15.6 Å². The first-order valence-electron chi connectivity index (χ1n) is 10.9. The van der Waals surface area contributed by atoms with Crippen molar-refractivity contribution in [1.29, 1.82) is 0 Å². The molecular weight excluding hydrogens is 378 g/mol. The Bertz CT molecular complexity index is 931. The molecule has 4 rings (SSSR count). The zero-order chi connectivity index (χ0) is 21.5. The number of ether oxygens (including phenoxy) is 1. The van der Waals surface area contributed by atoms with Crippen LogP contribution in [0.2, 0.25) is 0 Å². The molecule has 2 aromatic rings. The standard InChI is InChI=1S/C24H31N3O3/c1-14-26-22(25)19-13-20(24(2,3)30-23(19)27-14)18-10-8-17(9-11-18)16-6-4-15(5-7-16)12-21(28)29/h8-11,15-16,20H,4-7,12-13H2,1-3H3,(H,28,29)(H2,25,26,27)/t15-,16-,20?. The third-order valence-electron chi connectivity index (χ3n) is 6.84. The minimum atomic E-state index is -0.678. The molecule has 1 fully saturated rings. The van der Waals surface area contributed by atoms with Crippen molar-refractivity contribution in [3.63, 3.8) is 0 Å². The van der Waals surface area contributed by atoms with E-state index in [2.05, 4.69) is 48.1 Å². The number of nitrogens with two attached hydrogens (primary N) is 1. The highest BCUT2D eigenvalue weighted by Crippen LogP contribution is 2.44. The van der Waals surface area contributed by atoms with Crippen molar-refractivity contribution in [2.24, 2.45) is 5.92 Å². The van der Waals surface area contributed by atoms with Crippen LogP contribution in [0.4, 0.5) is 5.82 Å². The highest BCUT2D eigenvalue weighted by Gasteiger charge is 2.40. The molecule has 1 aromatic heterocycles. The largest absolute Gasteiger partial charge is 0.481 e. The summed E-state index contributed by atoms with van der Waals surface area (Å²) in [5.41, 5.74) is 9.25. The predicted molar refractivity (Wildman–Crippen MR) is 116 cm³/mol. The van der Waals surface area contributed by atoms with E-state index in [1.165, 1.54) is 11.1 Å². The lowest BCUT2D eigenvalue weighted by Crippen LogP contribution is -2.41. The van der Waals surface area contributed by atoms with Gasteiger partial charge in [-0.3, -0.25) is 4.79 Å². The first kappa shape index (κ1) is 20.6. The predicted octanol–water partition coefficient (Wildman–Crippen LogP) is 4.61. The van der Waals surface area contributed by atoms with Gasteiger partial charge in [-0.05, 0) is 75.8 Å². The van der Waals surface area contributed by atoms with Crippen molar-refractivity contribution < 1.29 is 14.6 Å². The van der Waals surface area contributed by atoms with E-state index in [9.17, 15) is 4.79 Å². The van der Waals surface area contributed by atoms with Gasteiger partial charge in [-0.25, -0.2) is 4.98 Å². The van der Waals surface area contributed by atoms with Crippen LogP contribution in [0.3, 0.4) is 0 Å². The van der Waals surface area contributed by atoms with E-state index in [1.807, 2.05) is 6.92 Å². The Morgan fingerprint density at radius 1 is 1.13 bits per heavy atom. The fraction of sp³-hybridized carbons (Fsp3) is 0.542. The molecule has 0 amide bonds. The van der Waals surface area contributed by atoms with Crippen LogP contribution < -0.4 is 10.5 Å². The number of aryl methyl sites for hydroxylation is 1. The molecule has 1 saturated carbocycles. The summed E-state index contributed by atoms with van der Waals surface area (Å²) in [5, 5.41) is 9.01. The van der Waals surface area contributed by atoms with Gasteiger partial charge in [0, 0.05) is 12.3 Å². The second-order valence-electron chi connectivity index (χ2n) is 9.38. The Kier molecular flexibility index (Phi) is 5.43. The van der Waals surface area contributed by atoms with E-state index in [-0.39, 0.29) is 5.92 Å². The maximum Gasteiger partial charge on any atom is 0.303 e. The van der Waals surface area contributed by atoms with Crippen LogP contribution in [0.5, 0.6) is 5.88 Å². The number of hydrogen-bond donors (Lipinski definition) is 2. The van der Waals surface area contributed by atoms with Gasteiger partial charge in [0.15, 0.2) is 0 Å². The topological polar surface area (TPSA) is 98.3 Å². The van der Waals surface area contributed by atoms with Crippen LogP contribution >= 0.6 is 0 Å². The van der Waals surface area contributed by atoms with Gasteiger partial charge in [-0.2, -0.15) is 4.98 Å². The number of aliphatic carboxylic acids is 1. The third-order valence-corrected chi connectivity index (χ3v) is 6.84. The Balaban J connectivity index is 1.49. The molecule has 0 spiro atoms. The molecule has 1 aliphatic heterocycles. The number of carboxylic acids is 1. The number of benzene rings is 1. The van der Waals surface area contributed by atoms with Crippen molar-refractivity contribution in [1.82, 2.24) is 9.97 Å². The quantitative estimate of drug-likeness (QED) is 0.765. The number of hydrogen-bond acceptors (Lipinski definition) is 5. The molecule has 0 radical (unpaired) electrons. The number of aromatic nitrogens is 2. The summed E-state index contributed by atoms with van der Waals surface area (Å²) in [4.78, 5) is 19.7. The summed E-state index contributed by atoms with van der Waals surface area (Å²) < 4.78 is 6.26. The highest BCUT2D eigenvalue weighted by molar-refractivity contribution is 5.67. The summed E-state index contributed by atoms with van der Waals surface area (Å²) in [5.74, 6) is 2.08. The lowest BCUT2D eigenvalue weighted by molar-refractivity contribution is -0.138. The number of rotatable bonds is 4. The normalized spacial score (nSPS) is 25.2. The average Bonchev–Trinajstić information content (AvgIpc) is 2.67. The van der Waals surface area contributed by atoms with Gasteiger partial charge >= 0.3 is 5.97 Å². The van der Waals surface area contributed by atoms with Crippen LogP contribution in [-0.4, -0.2) is 26.6 Å². The molecule has 6 heteroatoms. The van der Waals surface area contributed by atoms with Crippen molar-refractivity contribution in [2.45, 2.75) is 76.7 Å². The van der Waals surface area contributed by atoms with Gasteiger partial charge in [0.2, 0.25) is 5.88 Å². The van der Waals surface area contributed by atoms with Crippen molar-refractivity contribution in [3.05, 3.63) is 46.8 Å². The molecular formula is C24H31N3O3. The summed E-state index contributed by atoms with van der Waals surface area (Å²) in [6.45, 7) is 6.03. The molecule has 1 aliphatic carbocycles. The molecule has 3 N–H and O–H groups in total. The zero-order valence-corrected chi connectivity index (χ0v) is 18.0. The van der Waals surface area contributed by atoms with Gasteiger partial charge in [0.25, 0.3) is 0 Å². The maximum atomic E-state index is 10.9. The Labute approximate surface area is 177 Å². The van der Waals surface area contributed by atoms with Crippen molar-refractivity contribution in [2.75, 3.05) is 5.73 Å². The zero-order valence-electron chi connectivity index (χ0n) is 18.0. The minimum Gasteiger partial charge on any atom is -0.481 e. The number of carboxylic acid groups (broad SMARTS) is 1. The second kappa shape index (κ2) is 7.89. The fourth-order valence-corrected chi connectivity index (χ4v) is 5.10. The van der Waals surface area contributed by atoms with Gasteiger partial charge in [0.1, 0.15) is 17.2 Å². The molecule has 2 aliphatic rings. The molecule has 2 heterocycles. The Morgan fingerprint density at radius 3 is 2.40 bits per heavy atom. The van der Waals surface area contributed by atoms with Gasteiger partial charge < -0.3 is 15.6 Å². The number of nitrogens with zero attached hydrogens (tertiary/aromatic N) is 2. The Morgan fingerprint density at radius 2 is 1.77 bits per heavy atom. The average molecular weight is 410 g/mol. The molecule has 30 heavy (non-hydrogen) atoms. The highest BCUT2D eigenvalue weighted by atomic mass is 16.5. The summed E-state index contributed by atoms with van der Waals surface area (Å²) in [7, 11) is 0. The molecule has 160 valence electrons. The van der Waals surface area contributed by atoms with E-state index < -0.39 is 11.6 Å². The number of nitrogen functional groups attached to an aromatic ring is 1. The van der Waals surface area contributed by atoms with Crippen LogP contribution in [0.25, 0.3) is 0 Å². The van der Waals surface area contributed by atoms with Crippen LogP contribution in [0, 0.1) is 12.8 Å². The van der Waals surface area contributed by atoms with Crippen molar-refractivity contribution >= 4 is 11.8 Å². The maximum absolute atomic E-state index is 10.9. The van der Waals surface area contributed by atoms with E-state index in [1.54, 1.807) is 0 Å². The monoisotopic (exact) mass is 409 g/mol. The summed E-state index contributed by atoms with van der Waals surface area (Å²) >= 11 is 0. The molecule has 1 unspecified atom stereocenters. The van der Waals surface area contributed by atoms with E-state index >= 15 is 0 Å². The second-order valence-corrected chi connectivity index (χ2v) is 9.38. The molecule has 0 saturated heterocycles. The van der Waals surface area contributed by atoms with Crippen LogP contribution in [0.15, 0.2) is 24.3 Å². The van der Waals surface area contributed by atoms with Crippen LogP contribution in [-0.2, 0) is 11.2 Å². The lowest BCUT2D eigenvalue weighted by atomic mass is 9.75. The number of anilines is 1. The number of carbonyl (C=O) groups is 1. The van der Waals surface area contributed by atoms with Gasteiger partial charge in [0.05, 0.1) is 5.56 Å². The van der Waals surface area contributed by atoms with E-state index in [0.717, 1.165) is 37.7 Å². The van der Waals surface area contributed by atoms with Crippen LogP contribution in [0.1, 0.15) is 80.3 Å². The van der Waals surface area contributed by atoms with Gasteiger partial charge in [-0.1, -0.05) is 24.3 Å². The summed E-state index contributed by atoms with van der Waals surface area (Å²) in [6.07, 6.45) is 5.19. The minimum absolute atomic E-state index is 0.166. The smallest absolute Gasteiger partial charge is 0.303 e. The molecule has 0 bridgehead atoms. The van der Waals surface area contributed by atoms with Gasteiger partial charge in [-0.15, -0.1) is 0 Å². The van der Waals surface area contributed by atoms with E-state index in [0.29, 0.717) is 35.8 Å². The third kappa shape index (κ3) is 4.13. The molecule has 1 aromatic carbocycles. The fourth-order valence-electron chi connectivity index (χ4n) is 5.10.